The van der Waals surface area contributed by atoms with E-state index in [0.29, 0.717) is 12.6 Å². The summed E-state index contributed by atoms with van der Waals surface area (Å²) in [5, 5.41) is 0. The molecule has 1 fully saturated rings. The van der Waals surface area contributed by atoms with Crippen molar-refractivity contribution in [1.29, 1.82) is 0 Å². The summed E-state index contributed by atoms with van der Waals surface area (Å²) in [7, 11) is 2.17. The molecule has 82 valence electrons. The van der Waals surface area contributed by atoms with Crippen molar-refractivity contribution in [1.82, 2.24) is 0 Å². The SMILES string of the molecule is CN(c1cccc(Br)c1CN)C1CCC1. The molecule has 15 heavy (non-hydrogen) atoms. The Kier molecular flexibility index (Phi) is 3.32. The van der Waals surface area contributed by atoms with Crippen molar-refractivity contribution >= 4 is 21.6 Å². The van der Waals surface area contributed by atoms with Crippen LogP contribution in [0.15, 0.2) is 22.7 Å². The van der Waals surface area contributed by atoms with Crippen molar-refractivity contribution in [2.24, 2.45) is 5.73 Å². The first-order chi connectivity index (χ1) is 7.24. The van der Waals surface area contributed by atoms with Crippen LogP contribution < -0.4 is 10.6 Å². The second kappa shape index (κ2) is 4.54. The maximum Gasteiger partial charge on any atom is 0.0423 e. The average Bonchev–Trinajstić information content (AvgIpc) is 2.14. The van der Waals surface area contributed by atoms with Gasteiger partial charge in [0, 0.05) is 35.4 Å². The van der Waals surface area contributed by atoms with Crippen LogP contribution in [0.5, 0.6) is 0 Å². The third-order valence-electron chi connectivity index (χ3n) is 3.30. The summed E-state index contributed by atoms with van der Waals surface area (Å²) in [5.41, 5.74) is 8.28. The molecule has 0 amide bonds. The normalized spacial score (nSPS) is 16.2. The molecule has 0 heterocycles. The second-order valence-corrected chi connectivity index (χ2v) is 4.99. The molecule has 3 heteroatoms. The third kappa shape index (κ3) is 2.04. The lowest BCUT2D eigenvalue weighted by Crippen LogP contribution is -2.37. The van der Waals surface area contributed by atoms with E-state index in [2.05, 4.69) is 46.1 Å². The number of benzene rings is 1. The summed E-state index contributed by atoms with van der Waals surface area (Å²) in [6, 6.07) is 7.00. The van der Waals surface area contributed by atoms with Gasteiger partial charge in [-0.05, 0) is 31.4 Å². The maximum atomic E-state index is 5.79. The Balaban J connectivity index is 2.29. The van der Waals surface area contributed by atoms with Gasteiger partial charge in [-0.25, -0.2) is 0 Å². The number of halogens is 1. The molecule has 0 bridgehead atoms. The molecule has 1 aromatic carbocycles. The van der Waals surface area contributed by atoms with Crippen molar-refractivity contribution in [3.63, 3.8) is 0 Å². The molecule has 0 aliphatic heterocycles. The van der Waals surface area contributed by atoms with Crippen LogP contribution in [-0.2, 0) is 6.54 Å². The van der Waals surface area contributed by atoms with E-state index >= 15 is 0 Å². The van der Waals surface area contributed by atoms with Crippen molar-refractivity contribution in [3.8, 4) is 0 Å². The van der Waals surface area contributed by atoms with Crippen molar-refractivity contribution < 1.29 is 0 Å². The number of hydrogen-bond donors (Lipinski definition) is 1. The smallest absolute Gasteiger partial charge is 0.0423 e. The Morgan fingerprint density at radius 1 is 1.47 bits per heavy atom. The van der Waals surface area contributed by atoms with E-state index in [1.165, 1.54) is 30.5 Å². The molecule has 0 radical (unpaired) electrons. The van der Waals surface area contributed by atoms with Gasteiger partial charge in [0.05, 0.1) is 0 Å². The molecule has 0 saturated heterocycles. The number of hydrogen-bond acceptors (Lipinski definition) is 2. The van der Waals surface area contributed by atoms with Crippen LogP contribution in [0.1, 0.15) is 24.8 Å². The molecule has 1 aliphatic rings. The highest BCUT2D eigenvalue weighted by atomic mass is 79.9. The first-order valence-corrected chi connectivity index (χ1v) is 6.23. The molecule has 2 rings (SSSR count). The van der Waals surface area contributed by atoms with Gasteiger partial charge in [-0.1, -0.05) is 22.0 Å². The molecule has 0 spiro atoms. The van der Waals surface area contributed by atoms with Crippen molar-refractivity contribution in [2.45, 2.75) is 31.8 Å². The number of anilines is 1. The first-order valence-electron chi connectivity index (χ1n) is 5.44. The van der Waals surface area contributed by atoms with Crippen LogP contribution >= 0.6 is 15.9 Å². The Hall–Kier alpha value is -0.540. The first kappa shape index (κ1) is 11.0. The minimum atomic E-state index is 0.591. The van der Waals surface area contributed by atoms with E-state index in [9.17, 15) is 0 Å². The molecule has 2 nitrogen and oxygen atoms in total. The summed E-state index contributed by atoms with van der Waals surface area (Å²) in [5.74, 6) is 0. The number of nitrogens with zero attached hydrogens (tertiary/aromatic N) is 1. The van der Waals surface area contributed by atoms with Gasteiger partial charge in [-0.3, -0.25) is 0 Å². The zero-order valence-electron chi connectivity index (χ0n) is 9.04. The lowest BCUT2D eigenvalue weighted by molar-refractivity contribution is 0.400. The summed E-state index contributed by atoms with van der Waals surface area (Å²) >= 11 is 3.56. The van der Waals surface area contributed by atoms with E-state index in [-0.39, 0.29) is 0 Å². The van der Waals surface area contributed by atoms with Gasteiger partial charge in [-0.2, -0.15) is 0 Å². The van der Waals surface area contributed by atoms with Gasteiger partial charge >= 0.3 is 0 Å². The molecule has 0 atom stereocenters. The van der Waals surface area contributed by atoms with E-state index in [4.69, 9.17) is 5.73 Å². The van der Waals surface area contributed by atoms with Gasteiger partial charge in [0.1, 0.15) is 0 Å². The summed E-state index contributed by atoms with van der Waals surface area (Å²) < 4.78 is 1.12. The minimum Gasteiger partial charge on any atom is -0.371 e. The standard InChI is InChI=1S/C12H17BrN2/c1-15(9-4-2-5-9)12-7-3-6-11(13)10(12)8-14/h3,6-7,9H,2,4-5,8,14H2,1H3. The van der Waals surface area contributed by atoms with Crippen molar-refractivity contribution in [2.75, 3.05) is 11.9 Å². The molecule has 0 aromatic heterocycles. The van der Waals surface area contributed by atoms with Gasteiger partial charge in [0.2, 0.25) is 0 Å². The molecule has 1 aliphatic carbocycles. The summed E-state index contributed by atoms with van der Waals surface area (Å²) in [6.45, 7) is 0.591. The quantitative estimate of drug-likeness (QED) is 0.914. The third-order valence-corrected chi connectivity index (χ3v) is 4.04. The lowest BCUT2D eigenvalue weighted by Gasteiger charge is -2.37. The van der Waals surface area contributed by atoms with Crippen LogP contribution in [0, 0.1) is 0 Å². The fourth-order valence-corrected chi connectivity index (χ4v) is 2.57. The monoisotopic (exact) mass is 268 g/mol. The van der Waals surface area contributed by atoms with E-state index in [1.54, 1.807) is 0 Å². The Morgan fingerprint density at radius 2 is 2.20 bits per heavy atom. The average molecular weight is 269 g/mol. The highest BCUT2D eigenvalue weighted by Crippen LogP contribution is 2.33. The highest BCUT2D eigenvalue weighted by Gasteiger charge is 2.23. The fraction of sp³-hybridized carbons (Fsp3) is 0.500. The molecule has 1 aromatic rings. The van der Waals surface area contributed by atoms with Gasteiger partial charge in [0.25, 0.3) is 0 Å². The molecule has 2 N–H and O–H groups in total. The molecule has 0 unspecified atom stereocenters. The Bertz CT molecular complexity index is 347. The lowest BCUT2D eigenvalue weighted by atomic mass is 9.91. The second-order valence-electron chi connectivity index (χ2n) is 4.14. The predicted octanol–water partition coefficient (Wildman–Crippen LogP) is 2.90. The summed E-state index contributed by atoms with van der Waals surface area (Å²) in [6.07, 6.45) is 3.99. The van der Waals surface area contributed by atoms with Gasteiger partial charge in [-0.15, -0.1) is 0 Å². The number of nitrogens with two attached hydrogens (primary N) is 1. The van der Waals surface area contributed by atoms with Crippen LogP contribution in [0.4, 0.5) is 5.69 Å². The largest absolute Gasteiger partial charge is 0.371 e. The minimum absolute atomic E-state index is 0.591. The molecule has 1 saturated carbocycles. The summed E-state index contributed by atoms with van der Waals surface area (Å²) in [4.78, 5) is 2.37. The topological polar surface area (TPSA) is 29.3 Å². The predicted molar refractivity (Wildman–Crippen MR) is 68.1 cm³/mol. The van der Waals surface area contributed by atoms with E-state index in [0.717, 1.165) is 4.47 Å². The number of rotatable bonds is 3. The zero-order valence-corrected chi connectivity index (χ0v) is 10.6. The van der Waals surface area contributed by atoms with Crippen molar-refractivity contribution in [3.05, 3.63) is 28.2 Å². The molecular weight excluding hydrogens is 252 g/mol. The Morgan fingerprint density at radius 3 is 2.73 bits per heavy atom. The highest BCUT2D eigenvalue weighted by molar-refractivity contribution is 9.10. The van der Waals surface area contributed by atoms with Crippen LogP contribution in [0.25, 0.3) is 0 Å². The van der Waals surface area contributed by atoms with Gasteiger partial charge in [0.15, 0.2) is 0 Å². The van der Waals surface area contributed by atoms with E-state index in [1.807, 2.05) is 0 Å². The van der Waals surface area contributed by atoms with Crippen LogP contribution in [-0.4, -0.2) is 13.1 Å². The zero-order chi connectivity index (χ0) is 10.8. The van der Waals surface area contributed by atoms with Crippen LogP contribution in [0.3, 0.4) is 0 Å². The van der Waals surface area contributed by atoms with Crippen LogP contribution in [0.2, 0.25) is 0 Å². The molecular formula is C12H17BrN2. The van der Waals surface area contributed by atoms with Gasteiger partial charge < -0.3 is 10.6 Å². The van der Waals surface area contributed by atoms with E-state index < -0.39 is 0 Å². The Labute approximate surface area is 99.6 Å². The maximum absolute atomic E-state index is 5.79. The fourth-order valence-electron chi connectivity index (χ4n) is 2.05.